The van der Waals surface area contributed by atoms with Gasteiger partial charge in [0, 0.05) is 6.42 Å². The molecule has 29 heavy (non-hydrogen) atoms. The summed E-state index contributed by atoms with van der Waals surface area (Å²) in [5.74, 6) is 0.633. The summed E-state index contributed by atoms with van der Waals surface area (Å²) in [6.45, 7) is 1.97. The zero-order valence-corrected chi connectivity index (χ0v) is 16.7. The smallest absolute Gasteiger partial charge is 0.352 e. The summed E-state index contributed by atoms with van der Waals surface area (Å²) in [7, 11) is 0. The van der Waals surface area contributed by atoms with Gasteiger partial charge in [-0.05, 0) is 54.7 Å². The fraction of sp³-hybridized carbons (Fsp3) is 0.333. The van der Waals surface area contributed by atoms with Crippen molar-refractivity contribution in [1.29, 1.82) is 0 Å². The van der Waals surface area contributed by atoms with E-state index >= 15 is 0 Å². The molecule has 2 N–H and O–H groups in total. The summed E-state index contributed by atoms with van der Waals surface area (Å²) in [4.78, 5) is 23.7. The molecule has 0 saturated heterocycles. The lowest BCUT2D eigenvalue weighted by molar-refractivity contribution is -0.134. The van der Waals surface area contributed by atoms with E-state index in [1.807, 2.05) is 31.2 Å². The average Bonchev–Trinajstić information content (AvgIpc) is 3.23. The van der Waals surface area contributed by atoms with Crippen LogP contribution < -0.4 is 10.1 Å². The van der Waals surface area contributed by atoms with E-state index in [1.54, 1.807) is 24.3 Å². The number of ether oxygens (including phenoxy) is 1. The molecule has 2 aromatic rings. The molecule has 152 valence electrons. The lowest BCUT2D eigenvalue weighted by Gasteiger charge is -2.10. The van der Waals surface area contributed by atoms with Gasteiger partial charge in [0.1, 0.15) is 17.2 Å². The minimum Gasteiger partial charge on any atom is -0.477 e. The number of carbonyl (C=O) groups is 2. The van der Waals surface area contributed by atoms with Crippen molar-refractivity contribution in [3.63, 3.8) is 0 Å². The van der Waals surface area contributed by atoms with Gasteiger partial charge in [-0.25, -0.2) is 4.79 Å². The monoisotopic (exact) mass is 393 g/mol. The third kappa shape index (κ3) is 6.21. The number of nitrogens with one attached hydrogen (secondary N) is 1. The number of hydrogen-bond acceptors (Lipinski definition) is 3. The molecule has 5 heteroatoms. The Morgan fingerprint density at radius 1 is 1.10 bits per heavy atom. The van der Waals surface area contributed by atoms with Crippen LogP contribution in [0.15, 0.2) is 54.2 Å². The van der Waals surface area contributed by atoms with Crippen LogP contribution in [0.4, 0.5) is 0 Å². The van der Waals surface area contributed by atoms with Crippen LogP contribution in [0.1, 0.15) is 49.7 Å². The maximum atomic E-state index is 12.2. The van der Waals surface area contributed by atoms with Gasteiger partial charge in [-0.1, -0.05) is 56.0 Å². The first-order valence-electron chi connectivity index (χ1n) is 10.1. The molecule has 0 aromatic heterocycles. The molecule has 1 saturated carbocycles. The minimum atomic E-state index is -1.15. The highest BCUT2D eigenvalue weighted by Crippen LogP contribution is 2.28. The summed E-state index contributed by atoms with van der Waals surface area (Å²) >= 11 is 0. The first-order chi connectivity index (χ1) is 14.0. The SMILES string of the molecule is Cc1ccccc1Oc1ccc(/C=C(\NC(=O)CCC2CCCC2)C(=O)O)cc1. The van der Waals surface area contributed by atoms with Gasteiger partial charge in [-0.3, -0.25) is 4.79 Å². The highest BCUT2D eigenvalue weighted by atomic mass is 16.5. The Bertz CT molecular complexity index is 880. The molecule has 3 rings (SSSR count). The molecule has 1 aliphatic rings. The molecule has 2 aromatic carbocycles. The van der Waals surface area contributed by atoms with E-state index in [2.05, 4.69) is 5.32 Å². The van der Waals surface area contributed by atoms with Crippen molar-refractivity contribution < 1.29 is 19.4 Å². The predicted molar refractivity (Wildman–Crippen MR) is 113 cm³/mol. The van der Waals surface area contributed by atoms with E-state index in [1.165, 1.54) is 31.8 Å². The van der Waals surface area contributed by atoms with E-state index in [0.29, 0.717) is 23.7 Å². The van der Waals surface area contributed by atoms with E-state index in [-0.39, 0.29) is 11.6 Å². The second-order valence-electron chi connectivity index (χ2n) is 7.54. The summed E-state index contributed by atoms with van der Waals surface area (Å²) in [5, 5.41) is 12.0. The largest absolute Gasteiger partial charge is 0.477 e. The number of benzene rings is 2. The number of carbonyl (C=O) groups excluding carboxylic acids is 1. The summed E-state index contributed by atoms with van der Waals surface area (Å²) in [6.07, 6.45) is 7.46. The van der Waals surface area contributed by atoms with Crippen molar-refractivity contribution >= 4 is 18.0 Å². The Kier molecular flexibility index (Phi) is 7.06. The molecule has 0 atom stereocenters. The van der Waals surface area contributed by atoms with Crippen molar-refractivity contribution in [3.05, 3.63) is 65.4 Å². The van der Waals surface area contributed by atoms with Gasteiger partial charge < -0.3 is 15.2 Å². The number of rotatable bonds is 8. The fourth-order valence-electron chi connectivity index (χ4n) is 3.59. The Morgan fingerprint density at radius 3 is 2.45 bits per heavy atom. The highest BCUT2D eigenvalue weighted by molar-refractivity contribution is 5.96. The van der Waals surface area contributed by atoms with E-state index in [0.717, 1.165) is 17.7 Å². The quantitative estimate of drug-likeness (QED) is 0.597. The molecule has 0 unspecified atom stereocenters. The second kappa shape index (κ2) is 9.92. The zero-order valence-electron chi connectivity index (χ0n) is 16.7. The average molecular weight is 393 g/mol. The minimum absolute atomic E-state index is 0.117. The Balaban J connectivity index is 1.61. The Morgan fingerprint density at radius 2 is 1.79 bits per heavy atom. The third-order valence-electron chi connectivity index (χ3n) is 5.27. The molecular weight excluding hydrogens is 366 g/mol. The number of carboxylic acid groups (broad SMARTS) is 1. The molecule has 0 bridgehead atoms. The van der Waals surface area contributed by atoms with Crippen molar-refractivity contribution in [1.82, 2.24) is 5.32 Å². The van der Waals surface area contributed by atoms with E-state index in [9.17, 15) is 14.7 Å². The van der Waals surface area contributed by atoms with Crippen LogP contribution in [0.25, 0.3) is 6.08 Å². The van der Waals surface area contributed by atoms with Gasteiger partial charge >= 0.3 is 5.97 Å². The normalized spacial score (nSPS) is 14.6. The van der Waals surface area contributed by atoms with Gasteiger partial charge in [0.15, 0.2) is 0 Å². The number of para-hydroxylation sites is 1. The summed E-state index contributed by atoms with van der Waals surface area (Å²) in [5.41, 5.74) is 1.59. The van der Waals surface area contributed by atoms with E-state index < -0.39 is 5.97 Å². The highest BCUT2D eigenvalue weighted by Gasteiger charge is 2.17. The molecule has 5 nitrogen and oxygen atoms in total. The maximum Gasteiger partial charge on any atom is 0.352 e. The van der Waals surface area contributed by atoms with Crippen molar-refractivity contribution in [2.45, 2.75) is 45.4 Å². The predicted octanol–water partition coefficient (Wildman–Crippen LogP) is 5.30. The van der Waals surface area contributed by atoms with Gasteiger partial charge in [0.25, 0.3) is 0 Å². The van der Waals surface area contributed by atoms with Crippen LogP contribution in [0.2, 0.25) is 0 Å². The first kappa shape index (κ1) is 20.6. The van der Waals surface area contributed by atoms with Crippen LogP contribution in [-0.2, 0) is 9.59 Å². The topological polar surface area (TPSA) is 75.6 Å². The van der Waals surface area contributed by atoms with Crippen LogP contribution in [0.3, 0.4) is 0 Å². The number of hydrogen-bond donors (Lipinski definition) is 2. The van der Waals surface area contributed by atoms with Crippen LogP contribution in [-0.4, -0.2) is 17.0 Å². The number of aliphatic carboxylic acids is 1. The van der Waals surface area contributed by atoms with Gasteiger partial charge in [0.2, 0.25) is 5.91 Å². The van der Waals surface area contributed by atoms with Crippen LogP contribution >= 0.6 is 0 Å². The molecule has 1 amide bonds. The van der Waals surface area contributed by atoms with Crippen LogP contribution in [0.5, 0.6) is 11.5 Å². The van der Waals surface area contributed by atoms with Crippen molar-refractivity contribution in [2.24, 2.45) is 5.92 Å². The van der Waals surface area contributed by atoms with Gasteiger partial charge in [-0.15, -0.1) is 0 Å². The number of aryl methyl sites for hydroxylation is 1. The Labute approximate surface area is 171 Å². The lowest BCUT2D eigenvalue weighted by Crippen LogP contribution is -2.27. The Hall–Kier alpha value is -3.08. The molecule has 0 heterocycles. The van der Waals surface area contributed by atoms with Crippen molar-refractivity contribution in [2.75, 3.05) is 0 Å². The molecule has 0 spiro atoms. The molecule has 1 aliphatic carbocycles. The van der Waals surface area contributed by atoms with Crippen molar-refractivity contribution in [3.8, 4) is 11.5 Å². The van der Waals surface area contributed by atoms with Gasteiger partial charge in [0.05, 0.1) is 0 Å². The molecular formula is C24H27NO4. The molecule has 1 fully saturated rings. The van der Waals surface area contributed by atoms with E-state index in [4.69, 9.17) is 4.74 Å². The standard InChI is InChI=1S/C24H27NO4/c1-17-6-2-5-9-22(17)29-20-13-10-19(11-14-20)16-21(24(27)28)25-23(26)15-12-18-7-3-4-8-18/h2,5-6,9-11,13-14,16,18H,3-4,7-8,12,15H2,1H3,(H,25,26)(H,27,28)/b21-16-. The second-order valence-corrected chi connectivity index (χ2v) is 7.54. The summed E-state index contributed by atoms with van der Waals surface area (Å²) < 4.78 is 5.86. The fourth-order valence-corrected chi connectivity index (χ4v) is 3.59. The first-order valence-corrected chi connectivity index (χ1v) is 10.1. The lowest BCUT2D eigenvalue weighted by atomic mass is 10.0. The third-order valence-corrected chi connectivity index (χ3v) is 5.27. The zero-order chi connectivity index (χ0) is 20.6. The number of carboxylic acids is 1. The molecule has 0 radical (unpaired) electrons. The van der Waals surface area contributed by atoms with Crippen LogP contribution in [0, 0.1) is 12.8 Å². The van der Waals surface area contributed by atoms with Gasteiger partial charge in [-0.2, -0.15) is 0 Å². The maximum absolute atomic E-state index is 12.2. The number of amides is 1. The molecule has 0 aliphatic heterocycles. The summed E-state index contributed by atoms with van der Waals surface area (Å²) in [6, 6.07) is 14.8.